The highest BCUT2D eigenvalue weighted by atomic mass is 35.5. The van der Waals surface area contributed by atoms with Crippen LogP contribution >= 0.6 is 11.6 Å². The molecule has 0 aliphatic heterocycles. The minimum atomic E-state index is -0.400. The molecule has 0 radical (unpaired) electrons. The van der Waals surface area contributed by atoms with Crippen molar-refractivity contribution >= 4 is 23.4 Å². The van der Waals surface area contributed by atoms with E-state index in [1.165, 1.54) is 18.2 Å². The number of phenolic OH excluding ortho intramolecular Hbond substituents is 1. The number of aromatic hydroxyl groups is 1. The predicted octanol–water partition coefficient (Wildman–Crippen LogP) is 1.05. The van der Waals surface area contributed by atoms with Crippen LogP contribution in [0.2, 0.25) is 5.02 Å². The Kier molecular flexibility index (Phi) is 3.72. The predicted molar refractivity (Wildman–Crippen MR) is 66.6 cm³/mol. The van der Waals surface area contributed by atoms with Gasteiger partial charge < -0.3 is 15.7 Å². The molecule has 5 nitrogen and oxygen atoms in total. The van der Waals surface area contributed by atoms with Crippen LogP contribution in [-0.2, 0) is 4.79 Å². The van der Waals surface area contributed by atoms with Gasteiger partial charge in [-0.05, 0) is 31.0 Å². The number of amides is 2. The summed E-state index contributed by atoms with van der Waals surface area (Å²) < 4.78 is 0. The number of benzene rings is 1. The first-order valence-electron chi connectivity index (χ1n) is 5.62. The number of carbonyl (C=O) groups is 2. The Hall–Kier alpha value is -1.75. The Morgan fingerprint density at radius 2 is 2.11 bits per heavy atom. The summed E-state index contributed by atoms with van der Waals surface area (Å²) in [6.45, 7) is -0.0617. The molecule has 6 heteroatoms. The van der Waals surface area contributed by atoms with Crippen molar-refractivity contribution in [2.45, 2.75) is 18.9 Å². The van der Waals surface area contributed by atoms with Gasteiger partial charge in [0.05, 0.1) is 11.6 Å². The van der Waals surface area contributed by atoms with Crippen molar-refractivity contribution in [3.05, 3.63) is 28.8 Å². The third kappa shape index (κ3) is 3.37. The molecule has 0 bridgehead atoms. The van der Waals surface area contributed by atoms with E-state index < -0.39 is 5.91 Å². The second-order valence-corrected chi connectivity index (χ2v) is 4.60. The van der Waals surface area contributed by atoms with Gasteiger partial charge in [0.2, 0.25) is 5.91 Å². The zero-order valence-electron chi connectivity index (χ0n) is 9.57. The smallest absolute Gasteiger partial charge is 0.251 e. The highest BCUT2D eigenvalue weighted by Gasteiger charge is 2.23. The topological polar surface area (TPSA) is 78.4 Å². The molecule has 2 amide bonds. The van der Waals surface area contributed by atoms with Crippen LogP contribution in [-0.4, -0.2) is 29.5 Å². The summed E-state index contributed by atoms with van der Waals surface area (Å²) in [6, 6.07) is 4.40. The molecule has 1 aromatic rings. The Morgan fingerprint density at radius 1 is 1.39 bits per heavy atom. The van der Waals surface area contributed by atoms with Crippen LogP contribution in [0, 0.1) is 0 Å². The van der Waals surface area contributed by atoms with E-state index in [-0.39, 0.29) is 29.3 Å². The zero-order valence-corrected chi connectivity index (χ0v) is 10.3. The van der Waals surface area contributed by atoms with Crippen LogP contribution in [0.3, 0.4) is 0 Å². The van der Waals surface area contributed by atoms with Gasteiger partial charge in [0.25, 0.3) is 5.91 Å². The minimum Gasteiger partial charge on any atom is -0.506 e. The zero-order chi connectivity index (χ0) is 13.1. The monoisotopic (exact) mass is 268 g/mol. The molecule has 0 unspecified atom stereocenters. The molecule has 1 aliphatic carbocycles. The number of halogens is 1. The van der Waals surface area contributed by atoms with Crippen LogP contribution in [0.15, 0.2) is 18.2 Å². The number of nitrogens with one attached hydrogen (secondary N) is 2. The molecule has 0 aromatic heterocycles. The van der Waals surface area contributed by atoms with Gasteiger partial charge in [-0.15, -0.1) is 0 Å². The molecule has 0 saturated heterocycles. The Balaban J connectivity index is 1.86. The van der Waals surface area contributed by atoms with Gasteiger partial charge in [0.1, 0.15) is 5.75 Å². The number of hydrogen-bond donors (Lipinski definition) is 3. The molecule has 1 saturated carbocycles. The molecule has 0 atom stereocenters. The third-order valence-electron chi connectivity index (χ3n) is 2.56. The maximum Gasteiger partial charge on any atom is 0.251 e. The lowest BCUT2D eigenvalue weighted by Crippen LogP contribution is -2.37. The molecular formula is C12H13ClN2O3. The molecular weight excluding hydrogens is 256 g/mol. The number of phenols is 1. The van der Waals surface area contributed by atoms with E-state index >= 15 is 0 Å². The minimum absolute atomic E-state index is 0.0617. The van der Waals surface area contributed by atoms with Gasteiger partial charge in [0, 0.05) is 11.6 Å². The Bertz CT molecular complexity index is 486. The lowest BCUT2D eigenvalue weighted by molar-refractivity contribution is -0.120. The largest absolute Gasteiger partial charge is 0.506 e. The molecule has 1 fully saturated rings. The number of hydrogen-bond acceptors (Lipinski definition) is 3. The van der Waals surface area contributed by atoms with Crippen LogP contribution in [0.1, 0.15) is 23.2 Å². The molecule has 1 aliphatic rings. The quantitative estimate of drug-likeness (QED) is 0.764. The lowest BCUT2D eigenvalue weighted by Gasteiger charge is -2.06. The molecule has 1 aromatic carbocycles. The Morgan fingerprint density at radius 3 is 2.72 bits per heavy atom. The SMILES string of the molecule is O=C(CNC(=O)c1ccc(O)c(Cl)c1)NC1CC1. The maximum atomic E-state index is 11.7. The van der Waals surface area contributed by atoms with Crippen molar-refractivity contribution in [3.63, 3.8) is 0 Å². The molecule has 3 N–H and O–H groups in total. The van der Waals surface area contributed by atoms with E-state index in [0.29, 0.717) is 5.56 Å². The van der Waals surface area contributed by atoms with Crippen LogP contribution in [0.25, 0.3) is 0 Å². The van der Waals surface area contributed by atoms with Crippen molar-refractivity contribution in [3.8, 4) is 5.75 Å². The second kappa shape index (κ2) is 5.27. The van der Waals surface area contributed by atoms with E-state index in [2.05, 4.69) is 10.6 Å². The first-order chi connectivity index (χ1) is 8.56. The third-order valence-corrected chi connectivity index (χ3v) is 2.86. The first-order valence-corrected chi connectivity index (χ1v) is 6.00. The van der Waals surface area contributed by atoms with Crippen LogP contribution in [0.4, 0.5) is 0 Å². The highest BCUT2D eigenvalue weighted by Crippen LogP contribution is 2.23. The van der Waals surface area contributed by atoms with E-state index in [1.807, 2.05) is 0 Å². The average Bonchev–Trinajstić information content (AvgIpc) is 3.13. The van der Waals surface area contributed by atoms with Crippen LogP contribution < -0.4 is 10.6 Å². The van der Waals surface area contributed by atoms with Gasteiger partial charge in [-0.3, -0.25) is 9.59 Å². The van der Waals surface area contributed by atoms with Crippen molar-refractivity contribution in [1.82, 2.24) is 10.6 Å². The van der Waals surface area contributed by atoms with Gasteiger partial charge in [-0.2, -0.15) is 0 Å². The molecule has 18 heavy (non-hydrogen) atoms. The van der Waals surface area contributed by atoms with Crippen molar-refractivity contribution in [2.75, 3.05) is 6.54 Å². The second-order valence-electron chi connectivity index (χ2n) is 4.19. The first kappa shape index (κ1) is 12.7. The average molecular weight is 269 g/mol. The van der Waals surface area contributed by atoms with Gasteiger partial charge >= 0.3 is 0 Å². The maximum absolute atomic E-state index is 11.7. The molecule has 0 heterocycles. The Labute approximate surface area is 109 Å². The van der Waals surface area contributed by atoms with E-state index in [9.17, 15) is 14.7 Å². The summed E-state index contributed by atoms with van der Waals surface area (Å²) in [7, 11) is 0. The summed E-state index contributed by atoms with van der Waals surface area (Å²) in [4.78, 5) is 23.0. The normalized spacial score (nSPS) is 14.1. The van der Waals surface area contributed by atoms with Crippen LogP contribution in [0.5, 0.6) is 5.75 Å². The van der Waals surface area contributed by atoms with Gasteiger partial charge in [-0.1, -0.05) is 11.6 Å². The van der Waals surface area contributed by atoms with E-state index in [0.717, 1.165) is 12.8 Å². The molecule has 96 valence electrons. The summed E-state index contributed by atoms with van der Waals surface area (Å²) in [5.41, 5.74) is 0.303. The van der Waals surface area contributed by atoms with E-state index in [1.54, 1.807) is 0 Å². The standard InChI is InChI=1S/C12H13ClN2O3/c13-9-5-7(1-4-10(9)16)12(18)14-6-11(17)15-8-2-3-8/h1,4-5,8,16H,2-3,6H2,(H,14,18)(H,15,17). The summed E-state index contributed by atoms with van der Waals surface area (Å²) >= 11 is 5.69. The summed E-state index contributed by atoms with van der Waals surface area (Å²) in [5.74, 6) is -0.682. The van der Waals surface area contributed by atoms with Crippen molar-refractivity contribution in [1.29, 1.82) is 0 Å². The van der Waals surface area contributed by atoms with Crippen molar-refractivity contribution < 1.29 is 14.7 Å². The highest BCUT2D eigenvalue weighted by molar-refractivity contribution is 6.32. The fourth-order valence-electron chi connectivity index (χ4n) is 1.42. The number of carbonyl (C=O) groups excluding carboxylic acids is 2. The van der Waals surface area contributed by atoms with Gasteiger partial charge in [-0.25, -0.2) is 0 Å². The fourth-order valence-corrected chi connectivity index (χ4v) is 1.60. The fraction of sp³-hybridized carbons (Fsp3) is 0.333. The van der Waals surface area contributed by atoms with Gasteiger partial charge in [0.15, 0.2) is 0 Å². The molecule has 2 rings (SSSR count). The lowest BCUT2D eigenvalue weighted by atomic mass is 10.2. The summed E-state index contributed by atoms with van der Waals surface area (Å²) in [6.07, 6.45) is 2.01. The molecule has 0 spiro atoms. The summed E-state index contributed by atoms with van der Waals surface area (Å²) in [5, 5.41) is 14.6. The van der Waals surface area contributed by atoms with E-state index in [4.69, 9.17) is 11.6 Å². The van der Waals surface area contributed by atoms with Crippen molar-refractivity contribution in [2.24, 2.45) is 0 Å². The number of rotatable bonds is 4.